The third kappa shape index (κ3) is 4.50. The smallest absolute Gasteiger partial charge is 0.229 e. The van der Waals surface area contributed by atoms with Crippen LogP contribution in [0.25, 0.3) is 0 Å². The minimum absolute atomic E-state index is 0.284. The zero-order valence-corrected chi connectivity index (χ0v) is 13.5. The van der Waals surface area contributed by atoms with Gasteiger partial charge in [0.2, 0.25) is 11.9 Å². The van der Waals surface area contributed by atoms with E-state index in [0.717, 1.165) is 18.9 Å². The Kier molecular flexibility index (Phi) is 5.30. The first kappa shape index (κ1) is 15.9. The first-order valence-corrected chi connectivity index (χ1v) is 7.61. The first-order valence-electron chi connectivity index (χ1n) is 7.61. The summed E-state index contributed by atoms with van der Waals surface area (Å²) in [5, 5.41) is 3.54. The van der Waals surface area contributed by atoms with Crippen molar-refractivity contribution in [3.05, 3.63) is 5.82 Å². The van der Waals surface area contributed by atoms with Crippen molar-refractivity contribution in [2.75, 3.05) is 37.8 Å². The molecular weight excluding hydrogens is 266 g/mol. The third-order valence-electron chi connectivity index (χ3n) is 3.78. The van der Waals surface area contributed by atoms with Gasteiger partial charge in [0, 0.05) is 32.7 Å². The molecular formula is C14H27N7. The lowest BCUT2D eigenvalue weighted by Crippen LogP contribution is -2.41. The molecule has 0 spiro atoms. The van der Waals surface area contributed by atoms with Crippen LogP contribution in [0.5, 0.6) is 0 Å². The molecule has 0 aliphatic carbocycles. The monoisotopic (exact) mass is 293 g/mol. The molecule has 1 unspecified atom stereocenters. The van der Waals surface area contributed by atoms with E-state index in [-0.39, 0.29) is 5.95 Å². The summed E-state index contributed by atoms with van der Waals surface area (Å²) in [6, 6.07) is 1.01. The Bertz CT molecular complexity index is 455. The highest BCUT2D eigenvalue weighted by Gasteiger charge is 2.21. The van der Waals surface area contributed by atoms with Crippen molar-refractivity contribution in [1.29, 1.82) is 0 Å². The van der Waals surface area contributed by atoms with Gasteiger partial charge in [0.05, 0.1) is 6.54 Å². The van der Waals surface area contributed by atoms with Crippen LogP contribution in [0, 0.1) is 0 Å². The summed E-state index contributed by atoms with van der Waals surface area (Å²) in [4.78, 5) is 17.1. The largest absolute Gasteiger partial charge is 0.368 e. The summed E-state index contributed by atoms with van der Waals surface area (Å²) >= 11 is 0. The number of nitrogens with zero attached hydrogens (tertiary/aromatic N) is 5. The molecule has 21 heavy (non-hydrogen) atoms. The predicted molar refractivity (Wildman–Crippen MR) is 85.1 cm³/mol. The minimum Gasteiger partial charge on any atom is -0.368 e. The number of nitrogen functional groups attached to an aromatic ring is 1. The van der Waals surface area contributed by atoms with E-state index in [1.165, 1.54) is 12.8 Å². The Morgan fingerprint density at radius 3 is 2.62 bits per heavy atom. The van der Waals surface area contributed by atoms with Gasteiger partial charge < -0.3 is 16.0 Å². The molecule has 1 fully saturated rings. The van der Waals surface area contributed by atoms with Crippen LogP contribution in [0.3, 0.4) is 0 Å². The quantitative estimate of drug-likeness (QED) is 0.789. The van der Waals surface area contributed by atoms with E-state index in [1.54, 1.807) is 0 Å². The molecule has 0 radical (unpaired) electrons. The number of nitrogens with two attached hydrogens (primary N) is 1. The van der Waals surface area contributed by atoms with E-state index in [4.69, 9.17) is 5.73 Å². The van der Waals surface area contributed by atoms with Gasteiger partial charge in [0.25, 0.3) is 0 Å². The molecule has 1 aliphatic heterocycles. The normalized spacial score (nSPS) is 18.7. The molecule has 0 saturated carbocycles. The van der Waals surface area contributed by atoms with Gasteiger partial charge in [-0.15, -0.1) is 0 Å². The van der Waals surface area contributed by atoms with E-state index in [2.05, 4.69) is 39.0 Å². The van der Waals surface area contributed by atoms with Crippen LogP contribution in [0.2, 0.25) is 0 Å². The van der Waals surface area contributed by atoms with Gasteiger partial charge >= 0.3 is 0 Å². The predicted octanol–water partition coefficient (Wildman–Crippen LogP) is 0.482. The zero-order valence-electron chi connectivity index (χ0n) is 13.5. The molecule has 3 N–H and O–H groups in total. The molecule has 7 nitrogen and oxygen atoms in total. The fourth-order valence-electron chi connectivity index (χ4n) is 2.53. The molecule has 2 heterocycles. The van der Waals surface area contributed by atoms with Crippen LogP contribution in [0.1, 0.15) is 32.5 Å². The van der Waals surface area contributed by atoms with Gasteiger partial charge in [0.1, 0.15) is 5.82 Å². The fourth-order valence-corrected chi connectivity index (χ4v) is 2.53. The van der Waals surface area contributed by atoms with Gasteiger partial charge in [-0.3, -0.25) is 4.90 Å². The van der Waals surface area contributed by atoms with Crippen LogP contribution in [0.4, 0.5) is 11.9 Å². The number of rotatable bonds is 6. The fraction of sp³-hybridized carbons (Fsp3) is 0.786. The molecule has 7 heteroatoms. The lowest BCUT2D eigenvalue weighted by atomic mass is 10.2. The van der Waals surface area contributed by atoms with Crippen molar-refractivity contribution in [2.24, 2.45) is 0 Å². The highest BCUT2D eigenvalue weighted by molar-refractivity contribution is 5.32. The molecule has 1 atom stereocenters. The van der Waals surface area contributed by atoms with Crippen molar-refractivity contribution in [3.8, 4) is 0 Å². The van der Waals surface area contributed by atoms with Crippen LogP contribution < -0.4 is 16.0 Å². The molecule has 2 rings (SSSR count). The van der Waals surface area contributed by atoms with Crippen molar-refractivity contribution in [3.63, 3.8) is 0 Å². The van der Waals surface area contributed by atoms with Gasteiger partial charge in [-0.1, -0.05) is 0 Å². The van der Waals surface area contributed by atoms with Gasteiger partial charge in [-0.25, -0.2) is 0 Å². The Labute approximate surface area is 127 Å². The van der Waals surface area contributed by atoms with Crippen LogP contribution >= 0.6 is 0 Å². The maximum atomic E-state index is 5.79. The average molecular weight is 293 g/mol. The molecule has 1 saturated heterocycles. The Balaban J connectivity index is 2.08. The molecule has 1 aromatic heterocycles. The number of hydrogen-bond donors (Lipinski definition) is 2. The SMILES string of the molecule is CC(C)N(Cc1nc(N)nc(N(C)C)n1)CC1CCCN1. The summed E-state index contributed by atoms with van der Waals surface area (Å²) in [6.45, 7) is 7.24. The standard InChI is InChI=1S/C14H27N7/c1-10(2)21(8-11-6-5-7-16-11)9-12-17-13(15)19-14(18-12)20(3)4/h10-11,16H,5-9H2,1-4H3,(H2,15,17,18,19). The van der Waals surface area contributed by atoms with Crippen molar-refractivity contribution in [2.45, 2.75) is 45.3 Å². The third-order valence-corrected chi connectivity index (χ3v) is 3.78. The molecule has 0 bridgehead atoms. The summed E-state index contributed by atoms with van der Waals surface area (Å²) in [6.07, 6.45) is 2.51. The average Bonchev–Trinajstić information content (AvgIpc) is 2.90. The van der Waals surface area contributed by atoms with E-state index in [0.29, 0.717) is 24.6 Å². The van der Waals surface area contributed by atoms with Crippen LogP contribution in [-0.2, 0) is 6.54 Å². The highest BCUT2D eigenvalue weighted by atomic mass is 15.3. The number of hydrogen-bond acceptors (Lipinski definition) is 7. The summed E-state index contributed by atoms with van der Waals surface area (Å²) in [5.41, 5.74) is 5.79. The molecule has 0 amide bonds. The van der Waals surface area contributed by atoms with Crippen LogP contribution in [-0.4, -0.2) is 59.1 Å². The second-order valence-electron chi connectivity index (χ2n) is 6.12. The highest BCUT2D eigenvalue weighted by Crippen LogP contribution is 2.13. The van der Waals surface area contributed by atoms with Crippen molar-refractivity contribution >= 4 is 11.9 Å². The Hall–Kier alpha value is -1.47. The maximum Gasteiger partial charge on any atom is 0.229 e. The lowest BCUT2D eigenvalue weighted by molar-refractivity contribution is 0.189. The van der Waals surface area contributed by atoms with E-state index >= 15 is 0 Å². The number of nitrogens with one attached hydrogen (secondary N) is 1. The van der Waals surface area contributed by atoms with E-state index in [1.807, 2.05) is 19.0 Å². The van der Waals surface area contributed by atoms with Gasteiger partial charge in [-0.05, 0) is 33.2 Å². The summed E-state index contributed by atoms with van der Waals surface area (Å²) in [7, 11) is 3.81. The lowest BCUT2D eigenvalue weighted by Gasteiger charge is -2.28. The molecule has 1 aromatic rings. The molecule has 118 valence electrons. The summed E-state index contributed by atoms with van der Waals surface area (Å²) < 4.78 is 0. The van der Waals surface area contributed by atoms with Crippen molar-refractivity contribution in [1.82, 2.24) is 25.2 Å². The number of aromatic nitrogens is 3. The second kappa shape index (κ2) is 7.00. The molecule has 0 aromatic carbocycles. The topological polar surface area (TPSA) is 83.2 Å². The Morgan fingerprint density at radius 2 is 2.05 bits per heavy atom. The minimum atomic E-state index is 0.284. The van der Waals surface area contributed by atoms with Gasteiger partial charge in [0.15, 0.2) is 0 Å². The van der Waals surface area contributed by atoms with Gasteiger partial charge in [-0.2, -0.15) is 15.0 Å². The summed E-state index contributed by atoms with van der Waals surface area (Å²) in [5.74, 6) is 1.63. The number of anilines is 2. The van der Waals surface area contributed by atoms with Crippen molar-refractivity contribution < 1.29 is 0 Å². The Morgan fingerprint density at radius 1 is 1.29 bits per heavy atom. The zero-order chi connectivity index (χ0) is 15.4. The second-order valence-corrected chi connectivity index (χ2v) is 6.12. The van der Waals surface area contributed by atoms with E-state index < -0.39 is 0 Å². The van der Waals surface area contributed by atoms with Crippen LogP contribution in [0.15, 0.2) is 0 Å². The first-order chi connectivity index (χ1) is 9.95. The molecule has 1 aliphatic rings. The maximum absolute atomic E-state index is 5.79. The van der Waals surface area contributed by atoms with E-state index in [9.17, 15) is 0 Å².